The van der Waals surface area contributed by atoms with Crippen LogP contribution in [-0.4, -0.2) is 38.4 Å². The summed E-state index contributed by atoms with van der Waals surface area (Å²) in [4.78, 5) is 11.6. The van der Waals surface area contributed by atoms with Gasteiger partial charge in [-0.05, 0) is 18.8 Å². The van der Waals surface area contributed by atoms with Crippen LogP contribution in [0.25, 0.3) is 0 Å². The van der Waals surface area contributed by atoms with Gasteiger partial charge in [0.2, 0.25) is 0 Å². The third-order valence-corrected chi connectivity index (χ3v) is 3.15. The summed E-state index contributed by atoms with van der Waals surface area (Å²) in [5.74, 6) is 0.667. The number of hydrogen-bond acceptors (Lipinski definition) is 3. The maximum atomic E-state index is 11.6. The van der Waals surface area contributed by atoms with E-state index >= 15 is 0 Å². The SMILES string of the molecule is O=C(NCC1CCCC1)C1COCCO1. The molecule has 1 atom stereocenters. The van der Waals surface area contributed by atoms with Crippen LogP contribution in [0, 0.1) is 5.92 Å². The normalized spacial score (nSPS) is 27.9. The van der Waals surface area contributed by atoms with Crippen molar-refractivity contribution in [1.82, 2.24) is 5.32 Å². The minimum absolute atomic E-state index is 0.0124. The minimum atomic E-state index is -0.389. The zero-order valence-electron chi connectivity index (χ0n) is 9.04. The van der Waals surface area contributed by atoms with Crippen molar-refractivity contribution in [2.45, 2.75) is 31.8 Å². The molecule has 4 nitrogen and oxygen atoms in total. The standard InChI is InChI=1S/C11H19NO3/c13-11(10-8-14-5-6-15-10)12-7-9-3-1-2-4-9/h9-10H,1-8H2,(H,12,13). The minimum Gasteiger partial charge on any atom is -0.376 e. The summed E-state index contributed by atoms with van der Waals surface area (Å²) in [6.45, 7) is 2.34. The molecule has 2 fully saturated rings. The van der Waals surface area contributed by atoms with Gasteiger partial charge < -0.3 is 14.8 Å². The molecule has 2 rings (SSSR count). The molecule has 1 aliphatic heterocycles. The maximum absolute atomic E-state index is 11.6. The highest BCUT2D eigenvalue weighted by Gasteiger charge is 2.23. The van der Waals surface area contributed by atoms with Crippen LogP contribution in [0.3, 0.4) is 0 Å². The molecular formula is C11H19NO3. The molecule has 0 aromatic rings. The Morgan fingerprint density at radius 3 is 2.73 bits per heavy atom. The summed E-state index contributed by atoms with van der Waals surface area (Å²) in [7, 11) is 0. The Bertz CT molecular complexity index is 208. The fourth-order valence-corrected chi connectivity index (χ4v) is 2.21. The molecule has 2 aliphatic rings. The average molecular weight is 213 g/mol. The third kappa shape index (κ3) is 3.18. The van der Waals surface area contributed by atoms with E-state index in [9.17, 15) is 4.79 Å². The van der Waals surface area contributed by atoms with E-state index < -0.39 is 0 Å². The smallest absolute Gasteiger partial charge is 0.251 e. The van der Waals surface area contributed by atoms with Gasteiger partial charge in [0.05, 0.1) is 19.8 Å². The Kier molecular flexibility index (Phi) is 3.97. The largest absolute Gasteiger partial charge is 0.376 e. The zero-order valence-corrected chi connectivity index (χ0v) is 9.04. The van der Waals surface area contributed by atoms with Gasteiger partial charge >= 0.3 is 0 Å². The molecule has 1 aliphatic carbocycles. The van der Waals surface area contributed by atoms with Crippen LogP contribution in [-0.2, 0) is 14.3 Å². The molecule has 1 heterocycles. The Morgan fingerprint density at radius 1 is 1.27 bits per heavy atom. The fourth-order valence-electron chi connectivity index (χ4n) is 2.21. The first-order chi connectivity index (χ1) is 7.36. The molecule has 15 heavy (non-hydrogen) atoms. The number of amides is 1. The van der Waals surface area contributed by atoms with Gasteiger partial charge in [0.15, 0.2) is 6.10 Å². The van der Waals surface area contributed by atoms with Gasteiger partial charge in [0.1, 0.15) is 0 Å². The lowest BCUT2D eigenvalue weighted by Gasteiger charge is -2.22. The monoisotopic (exact) mass is 213 g/mol. The molecule has 1 amide bonds. The van der Waals surface area contributed by atoms with E-state index in [1.54, 1.807) is 0 Å². The summed E-state index contributed by atoms with van der Waals surface area (Å²) in [5.41, 5.74) is 0. The molecule has 1 unspecified atom stereocenters. The van der Waals surface area contributed by atoms with Crippen LogP contribution >= 0.6 is 0 Å². The van der Waals surface area contributed by atoms with Crippen molar-refractivity contribution in [3.8, 4) is 0 Å². The lowest BCUT2D eigenvalue weighted by Crippen LogP contribution is -2.44. The van der Waals surface area contributed by atoms with Gasteiger partial charge in [-0.1, -0.05) is 12.8 Å². The second-order valence-electron chi connectivity index (χ2n) is 4.33. The maximum Gasteiger partial charge on any atom is 0.251 e. The van der Waals surface area contributed by atoms with Crippen molar-refractivity contribution in [2.24, 2.45) is 5.92 Å². The molecule has 0 bridgehead atoms. The quantitative estimate of drug-likeness (QED) is 0.751. The van der Waals surface area contributed by atoms with E-state index in [0.29, 0.717) is 25.7 Å². The van der Waals surface area contributed by atoms with Gasteiger partial charge in [-0.3, -0.25) is 4.79 Å². The van der Waals surface area contributed by atoms with E-state index in [4.69, 9.17) is 9.47 Å². The average Bonchev–Trinajstić information content (AvgIpc) is 2.80. The van der Waals surface area contributed by atoms with E-state index in [0.717, 1.165) is 6.54 Å². The Morgan fingerprint density at radius 2 is 2.07 bits per heavy atom. The van der Waals surface area contributed by atoms with Gasteiger partial charge in [-0.15, -0.1) is 0 Å². The molecule has 0 radical (unpaired) electrons. The number of ether oxygens (including phenoxy) is 2. The van der Waals surface area contributed by atoms with Crippen LogP contribution in [0.2, 0.25) is 0 Å². The van der Waals surface area contributed by atoms with Crippen molar-refractivity contribution < 1.29 is 14.3 Å². The van der Waals surface area contributed by atoms with Gasteiger partial charge in [0, 0.05) is 6.54 Å². The van der Waals surface area contributed by atoms with E-state index in [1.165, 1.54) is 25.7 Å². The Hall–Kier alpha value is -0.610. The summed E-state index contributed by atoms with van der Waals surface area (Å²) in [5, 5.41) is 2.95. The summed E-state index contributed by atoms with van der Waals surface area (Å²) in [6, 6.07) is 0. The zero-order chi connectivity index (χ0) is 10.5. The van der Waals surface area contributed by atoms with Gasteiger partial charge in [-0.2, -0.15) is 0 Å². The van der Waals surface area contributed by atoms with Crippen LogP contribution < -0.4 is 5.32 Å². The lowest BCUT2D eigenvalue weighted by molar-refractivity contribution is -0.147. The van der Waals surface area contributed by atoms with Crippen LogP contribution in [0.4, 0.5) is 0 Å². The first-order valence-corrected chi connectivity index (χ1v) is 5.83. The number of nitrogens with one attached hydrogen (secondary N) is 1. The summed E-state index contributed by atoms with van der Waals surface area (Å²) < 4.78 is 10.5. The van der Waals surface area contributed by atoms with Crippen molar-refractivity contribution in [2.75, 3.05) is 26.4 Å². The predicted molar refractivity (Wildman–Crippen MR) is 55.5 cm³/mol. The molecule has 0 spiro atoms. The van der Waals surface area contributed by atoms with Gasteiger partial charge in [-0.25, -0.2) is 0 Å². The molecule has 0 aromatic heterocycles. The molecule has 1 saturated carbocycles. The number of rotatable bonds is 3. The molecule has 4 heteroatoms. The van der Waals surface area contributed by atoms with E-state index in [2.05, 4.69) is 5.32 Å². The number of carbonyl (C=O) groups excluding carboxylic acids is 1. The fraction of sp³-hybridized carbons (Fsp3) is 0.909. The predicted octanol–water partition coefficient (Wildman–Crippen LogP) is 0.708. The first-order valence-electron chi connectivity index (χ1n) is 5.83. The van der Waals surface area contributed by atoms with E-state index in [1.807, 2.05) is 0 Å². The topological polar surface area (TPSA) is 47.6 Å². The number of carbonyl (C=O) groups is 1. The second kappa shape index (κ2) is 5.47. The number of hydrogen-bond donors (Lipinski definition) is 1. The van der Waals surface area contributed by atoms with E-state index in [-0.39, 0.29) is 12.0 Å². The van der Waals surface area contributed by atoms with Crippen molar-refractivity contribution >= 4 is 5.91 Å². The summed E-state index contributed by atoms with van der Waals surface area (Å²) in [6.07, 6.45) is 4.73. The van der Waals surface area contributed by atoms with Crippen molar-refractivity contribution in [3.63, 3.8) is 0 Å². The Balaban J connectivity index is 1.66. The highest BCUT2D eigenvalue weighted by molar-refractivity contribution is 5.80. The Labute approximate surface area is 90.3 Å². The molecule has 1 saturated heterocycles. The van der Waals surface area contributed by atoms with Gasteiger partial charge in [0.25, 0.3) is 5.91 Å². The third-order valence-electron chi connectivity index (χ3n) is 3.15. The van der Waals surface area contributed by atoms with Crippen molar-refractivity contribution in [1.29, 1.82) is 0 Å². The summed E-state index contributed by atoms with van der Waals surface area (Å²) >= 11 is 0. The lowest BCUT2D eigenvalue weighted by atomic mass is 10.1. The molecule has 86 valence electrons. The highest BCUT2D eigenvalue weighted by atomic mass is 16.6. The molecule has 0 aromatic carbocycles. The first kappa shape index (κ1) is 10.9. The van der Waals surface area contributed by atoms with Crippen LogP contribution in [0.1, 0.15) is 25.7 Å². The molecular weight excluding hydrogens is 194 g/mol. The van der Waals surface area contributed by atoms with Crippen molar-refractivity contribution in [3.05, 3.63) is 0 Å². The highest BCUT2D eigenvalue weighted by Crippen LogP contribution is 2.23. The van der Waals surface area contributed by atoms with Crippen LogP contribution in [0.15, 0.2) is 0 Å². The molecule has 1 N–H and O–H groups in total. The van der Waals surface area contributed by atoms with Crippen LogP contribution in [0.5, 0.6) is 0 Å². The second-order valence-corrected chi connectivity index (χ2v) is 4.33.